The lowest BCUT2D eigenvalue weighted by Gasteiger charge is -2.08. The maximum absolute atomic E-state index is 10.5. The summed E-state index contributed by atoms with van der Waals surface area (Å²) in [4.78, 5) is 10.5. The quantitative estimate of drug-likeness (QED) is 0.810. The van der Waals surface area contributed by atoms with Crippen LogP contribution in [0.2, 0.25) is 0 Å². The summed E-state index contributed by atoms with van der Waals surface area (Å²) in [5, 5.41) is 12.0. The van der Waals surface area contributed by atoms with Gasteiger partial charge in [0, 0.05) is 12.7 Å². The Kier molecular flexibility index (Phi) is 3.53. The van der Waals surface area contributed by atoms with E-state index in [9.17, 15) is 4.79 Å². The SMILES string of the molecule is O=C(O)c1cc(COCC2CCCO2)on1. The molecule has 0 radical (unpaired) electrons. The van der Waals surface area contributed by atoms with Gasteiger partial charge < -0.3 is 19.1 Å². The third kappa shape index (κ3) is 2.80. The first-order valence-electron chi connectivity index (χ1n) is 5.14. The average molecular weight is 227 g/mol. The number of rotatable bonds is 5. The summed E-state index contributed by atoms with van der Waals surface area (Å²) in [6, 6.07) is 1.36. The second-order valence-corrected chi connectivity index (χ2v) is 3.63. The zero-order chi connectivity index (χ0) is 11.4. The molecule has 1 aromatic rings. The number of hydrogen-bond donors (Lipinski definition) is 1. The van der Waals surface area contributed by atoms with Crippen LogP contribution in [0.25, 0.3) is 0 Å². The summed E-state index contributed by atoms with van der Waals surface area (Å²) >= 11 is 0. The van der Waals surface area contributed by atoms with Crippen molar-refractivity contribution in [1.29, 1.82) is 0 Å². The van der Waals surface area contributed by atoms with Crippen molar-refractivity contribution in [1.82, 2.24) is 5.16 Å². The Hall–Kier alpha value is -1.40. The van der Waals surface area contributed by atoms with Gasteiger partial charge in [-0.25, -0.2) is 4.79 Å². The van der Waals surface area contributed by atoms with Crippen molar-refractivity contribution in [2.45, 2.75) is 25.6 Å². The zero-order valence-corrected chi connectivity index (χ0v) is 8.72. The van der Waals surface area contributed by atoms with Crippen LogP contribution in [0.3, 0.4) is 0 Å². The Labute approximate surface area is 92.1 Å². The highest BCUT2D eigenvalue weighted by atomic mass is 16.5. The molecule has 1 fully saturated rings. The van der Waals surface area contributed by atoms with Gasteiger partial charge in [-0.3, -0.25) is 0 Å². The molecule has 0 aromatic carbocycles. The molecule has 0 aliphatic carbocycles. The predicted molar refractivity (Wildman–Crippen MR) is 52.1 cm³/mol. The first-order chi connectivity index (χ1) is 7.75. The lowest BCUT2D eigenvalue weighted by molar-refractivity contribution is 0.00453. The van der Waals surface area contributed by atoms with Gasteiger partial charge in [0.1, 0.15) is 6.61 Å². The smallest absolute Gasteiger partial charge is 0.358 e. The minimum Gasteiger partial charge on any atom is -0.476 e. The van der Waals surface area contributed by atoms with Gasteiger partial charge in [0.05, 0.1) is 12.7 Å². The van der Waals surface area contributed by atoms with Crippen LogP contribution in [0.5, 0.6) is 0 Å². The Morgan fingerprint density at radius 2 is 2.56 bits per heavy atom. The molecule has 16 heavy (non-hydrogen) atoms. The molecule has 1 aromatic heterocycles. The summed E-state index contributed by atoms with van der Waals surface area (Å²) in [7, 11) is 0. The zero-order valence-electron chi connectivity index (χ0n) is 8.72. The second-order valence-electron chi connectivity index (χ2n) is 3.63. The number of carbonyl (C=O) groups is 1. The highest BCUT2D eigenvalue weighted by molar-refractivity contribution is 5.85. The summed E-state index contributed by atoms with van der Waals surface area (Å²) < 4.78 is 15.5. The number of aromatic carboxylic acids is 1. The molecule has 0 amide bonds. The van der Waals surface area contributed by atoms with Gasteiger partial charge in [-0.05, 0) is 12.8 Å². The number of aromatic nitrogens is 1. The van der Waals surface area contributed by atoms with Gasteiger partial charge in [0.25, 0.3) is 0 Å². The molecule has 1 atom stereocenters. The fraction of sp³-hybridized carbons (Fsp3) is 0.600. The summed E-state index contributed by atoms with van der Waals surface area (Å²) in [6.45, 7) is 1.52. The third-order valence-electron chi connectivity index (χ3n) is 2.35. The minimum absolute atomic E-state index is 0.101. The minimum atomic E-state index is -1.10. The van der Waals surface area contributed by atoms with Gasteiger partial charge in [0.2, 0.25) is 0 Å². The maximum atomic E-state index is 10.5. The maximum Gasteiger partial charge on any atom is 0.358 e. The fourth-order valence-electron chi connectivity index (χ4n) is 1.55. The van der Waals surface area contributed by atoms with Crippen LogP contribution >= 0.6 is 0 Å². The molecular weight excluding hydrogens is 214 g/mol. The molecular formula is C10H13NO5. The van der Waals surface area contributed by atoms with Crippen LogP contribution in [-0.4, -0.2) is 35.6 Å². The van der Waals surface area contributed by atoms with Crippen LogP contribution in [0.1, 0.15) is 29.1 Å². The predicted octanol–water partition coefficient (Wildman–Crippen LogP) is 1.07. The lowest BCUT2D eigenvalue weighted by atomic mass is 10.2. The molecule has 2 rings (SSSR count). The molecule has 1 aliphatic rings. The highest BCUT2D eigenvalue weighted by Gasteiger charge is 2.16. The Morgan fingerprint density at radius 3 is 3.19 bits per heavy atom. The van der Waals surface area contributed by atoms with Crippen LogP contribution in [0, 0.1) is 0 Å². The Bertz CT molecular complexity index is 356. The van der Waals surface area contributed by atoms with Crippen molar-refractivity contribution in [2.75, 3.05) is 13.2 Å². The van der Waals surface area contributed by atoms with Crippen molar-refractivity contribution >= 4 is 5.97 Å². The van der Waals surface area contributed by atoms with E-state index in [0.29, 0.717) is 12.4 Å². The van der Waals surface area contributed by atoms with Gasteiger partial charge in [-0.1, -0.05) is 5.16 Å². The van der Waals surface area contributed by atoms with E-state index in [1.165, 1.54) is 6.07 Å². The van der Waals surface area contributed by atoms with Crippen molar-refractivity contribution in [2.24, 2.45) is 0 Å². The van der Waals surface area contributed by atoms with E-state index in [-0.39, 0.29) is 18.4 Å². The summed E-state index contributed by atoms with van der Waals surface area (Å²) in [5.41, 5.74) is -0.101. The molecule has 2 heterocycles. The van der Waals surface area contributed by atoms with Crippen molar-refractivity contribution in [3.8, 4) is 0 Å². The first-order valence-corrected chi connectivity index (χ1v) is 5.14. The van der Waals surface area contributed by atoms with Crippen LogP contribution in [0.4, 0.5) is 0 Å². The van der Waals surface area contributed by atoms with Gasteiger partial charge >= 0.3 is 5.97 Å². The van der Waals surface area contributed by atoms with Gasteiger partial charge in [0.15, 0.2) is 11.5 Å². The lowest BCUT2D eigenvalue weighted by Crippen LogP contribution is -2.13. The molecule has 1 unspecified atom stereocenters. The standard InChI is InChI=1S/C10H13NO5/c12-10(13)9-4-8(16-11-9)6-14-5-7-2-1-3-15-7/h4,7H,1-3,5-6H2,(H,12,13). The topological polar surface area (TPSA) is 81.8 Å². The van der Waals surface area contributed by atoms with E-state index >= 15 is 0 Å². The molecule has 0 bridgehead atoms. The molecule has 0 spiro atoms. The normalized spacial score (nSPS) is 20.1. The molecule has 1 aliphatic heterocycles. The van der Waals surface area contributed by atoms with Gasteiger partial charge in [-0.2, -0.15) is 0 Å². The van der Waals surface area contributed by atoms with E-state index in [0.717, 1.165) is 19.4 Å². The molecule has 6 heteroatoms. The largest absolute Gasteiger partial charge is 0.476 e. The number of hydrogen-bond acceptors (Lipinski definition) is 5. The van der Waals surface area contributed by atoms with E-state index in [2.05, 4.69) is 5.16 Å². The van der Waals surface area contributed by atoms with E-state index in [4.69, 9.17) is 19.1 Å². The van der Waals surface area contributed by atoms with E-state index in [1.807, 2.05) is 0 Å². The average Bonchev–Trinajstić information content (AvgIpc) is 2.87. The first kappa shape index (κ1) is 11.1. The van der Waals surface area contributed by atoms with Crippen LogP contribution < -0.4 is 0 Å². The van der Waals surface area contributed by atoms with E-state index < -0.39 is 5.97 Å². The number of nitrogens with zero attached hydrogens (tertiary/aromatic N) is 1. The molecule has 1 N–H and O–H groups in total. The summed E-state index contributed by atoms with van der Waals surface area (Å²) in [6.07, 6.45) is 2.23. The fourth-order valence-corrected chi connectivity index (χ4v) is 1.55. The molecule has 1 saturated heterocycles. The van der Waals surface area contributed by atoms with Crippen LogP contribution in [-0.2, 0) is 16.1 Å². The number of carboxylic acids is 1. The van der Waals surface area contributed by atoms with E-state index in [1.54, 1.807) is 0 Å². The number of carboxylic acid groups (broad SMARTS) is 1. The molecule has 6 nitrogen and oxygen atoms in total. The third-order valence-corrected chi connectivity index (χ3v) is 2.35. The number of ether oxygens (including phenoxy) is 2. The van der Waals surface area contributed by atoms with Crippen molar-refractivity contribution in [3.63, 3.8) is 0 Å². The summed E-state index contributed by atoms with van der Waals surface area (Å²) in [5.74, 6) is -0.690. The van der Waals surface area contributed by atoms with Crippen LogP contribution in [0.15, 0.2) is 10.6 Å². The Balaban J connectivity index is 1.74. The Morgan fingerprint density at radius 1 is 1.69 bits per heavy atom. The molecule has 88 valence electrons. The second kappa shape index (κ2) is 5.09. The van der Waals surface area contributed by atoms with Gasteiger partial charge in [-0.15, -0.1) is 0 Å². The molecule has 0 saturated carbocycles. The highest BCUT2D eigenvalue weighted by Crippen LogP contribution is 2.13. The monoisotopic (exact) mass is 227 g/mol. The van der Waals surface area contributed by atoms with Crippen molar-refractivity contribution < 1.29 is 23.9 Å². The van der Waals surface area contributed by atoms with Crippen molar-refractivity contribution in [3.05, 3.63) is 17.5 Å².